The lowest BCUT2D eigenvalue weighted by Crippen LogP contribution is -2.10. The van der Waals surface area contributed by atoms with Crippen LogP contribution >= 0.6 is 11.3 Å². The van der Waals surface area contributed by atoms with Gasteiger partial charge in [0.25, 0.3) is 0 Å². The Morgan fingerprint density at radius 2 is 2.09 bits per heavy atom. The van der Waals surface area contributed by atoms with Crippen LogP contribution in [-0.4, -0.2) is 26.5 Å². The zero-order chi connectivity index (χ0) is 16.2. The van der Waals surface area contributed by atoms with Crippen molar-refractivity contribution in [1.29, 1.82) is 0 Å². The van der Waals surface area contributed by atoms with Crippen LogP contribution in [0.1, 0.15) is 16.1 Å². The summed E-state index contributed by atoms with van der Waals surface area (Å²) in [6.07, 6.45) is 0. The fourth-order valence-electron chi connectivity index (χ4n) is 2.48. The van der Waals surface area contributed by atoms with Crippen LogP contribution in [0.4, 0.5) is 5.82 Å². The average Bonchev–Trinajstić information content (AvgIpc) is 3.12. The van der Waals surface area contributed by atoms with Crippen LogP contribution in [0, 0.1) is 13.8 Å². The van der Waals surface area contributed by atoms with E-state index < -0.39 is 0 Å². The molecule has 0 saturated heterocycles. The molecule has 2 heterocycles. The largest absolute Gasteiger partial charge is 0.394 e. The molecule has 2 N–H and O–H groups in total. The molecule has 0 saturated carbocycles. The van der Waals surface area contributed by atoms with Gasteiger partial charge >= 0.3 is 0 Å². The van der Waals surface area contributed by atoms with Gasteiger partial charge in [-0.3, -0.25) is 0 Å². The zero-order valence-corrected chi connectivity index (χ0v) is 14.1. The highest BCUT2D eigenvalue weighted by atomic mass is 32.1. The molecular weight excluding hydrogens is 308 g/mol. The molecule has 0 unspecified atom stereocenters. The number of aryl methyl sites for hydroxylation is 2. The summed E-state index contributed by atoms with van der Waals surface area (Å²) in [6.45, 7) is 5.32. The number of nitrogens with one attached hydrogen (secondary N) is 1. The van der Waals surface area contributed by atoms with Crippen LogP contribution < -0.4 is 5.32 Å². The summed E-state index contributed by atoms with van der Waals surface area (Å²) in [4.78, 5) is 5.48. The second kappa shape index (κ2) is 6.93. The summed E-state index contributed by atoms with van der Waals surface area (Å²) in [5.41, 5.74) is 6.12. The van der Waals surface area contributed by atoms with E-state index in [-0.39, 0.29) is 6.61 Å². The van der Waals surface area contributed by atoms with Gasteiger partial charge in [-0.25, -0.2) is 9.67 Å². The van der Waals surface area contributed by atoms with E-state index in [0.29, 0.717) is 13.1 Å². The van der Waals surface area contributed by atoms with Crippen molar-refractivity contribution in [2.75, 3.05) is 11.9 Å². The first-order valence-corrected chi connectivity index (χ1v) is 8.44. The van der Waals surface area contributed by atoms with Crippen LogP contribution in [-0.2, 0) is 13.1 Å². The van der Waals surface area contributed by atoms with Gasteiger partial charge in [0, 0.05) is 16.5 Å². The van der Waals surface area contributed by atoms with Crippen molar-refractivity contribution < 1.29 is 5.11 Å². The van der Waals surface area contributed by atoms with Gasteiger partial charge in [-0.1, -0.05) is 24.3 Å². The first kappa shape index (κ1) is 15.7. The maximum absolute atomic E-state index is 9.28. The Hall–Kier alpha value is -2.18. The molecule has 0 radical (unpaired) electrons. The van der Waals surface area contributed by atoms with Crippen LogP contribution in [0.2, 0.25) is 0 Å². The Bertz CT molecular complexity index is 793. The number of anilines is 1. The summed E-state index contributed by atoms with van der Waals surface area (Å²) in [6, 6.07) is 10.2. The molecule has 0 aliphatic rings. The molecule has 0 bridgehead atoms. The van der Waals surface area contributed by atoms with Crippen molar-refractivity contribution in [3.8, 4) is 11.3 Å². The lowest BCUT2D eigenvalue weighted by atomic mass is 10.1. The number of aliphatic hydroxyl groups excluding tert-OH is 1. The van der Waals surface area contributed by atoms with Crippen molar-refractivity contribution in [3.05, 3.63) is 52.0 Å². The molecule has 0 aliphatic carbocycles. The van der Waals surface area contributed by atoms with Crippen LogP contribution in [0.15, 0.2) is 35.8 Å². The topological polar surface area (TPSA) is 63.0 Å². The molecule has 1 aromatic carbocycles. The van der Waals surface area contributed by atoms with Gasteiger partial charge in [0.05, 0.1) is 36.6 Å². The quantitative estimate of drug-likeness (QED) is 0.729. The molecule has 5 nitrogen and oxygen atoms in total. The van der Waals surface area contributed by atoms with E-state index in [1.165, 1.54) is 10.4 Å². The number of benzene rings is 1. The Morgan fingerprint density at radius 3 is 2.78 bits per heavy atom. The van der Waals surface area contributed by atoms with E-state index in [1.54, 1.807) is 11.3 Å². The summed E-state index contributed by atoms with van der Waals surface area (Å²) >= 11 is 1.64. The van der Waals surface area contributed by atoms with E-state index in [0.717, 1.165) is 22.8 Å². The smallest absolute Gasteiger partial charge is 0.125 e. The first-order chi connectivity index (χ1) is 11.2. The molecule has 3 aromatic rings. The van der Waals surface area contributed by atoms with Crippen LogP contribution in [0.5, 0.6) is 0 Å². The van der Waals surface area contributed by atoms with Gasteiger partial charge in [-0.15, -0.1) is 11.3 Å². The van der Waals surface area contributed by atoms with E-state index in [1.807, 2.05) is 35.3 Å². The molecule has 0 amide bonds. The summed E-state index contributed by atoms with van der Waals surface area (Å²) in [5.74, 6) is 0.908. The fraction of sp³-hybridized carbons (Fsp3) is 0.294. The minimum Gasteiger partial charge on any atom is -0.394 e. The van der Waals surface area contributed by atoms with Gasteiger partial charge < -0.3 is 10.4 Å². The Balaban J connectivity index is 1.87. The average molecular weight is 328 g/mol. The fourth-order valence-corrected chi connectivity index (χ4v) is 3.20. The number of hydrogen-bond acceptors (Lipinski definition) is 5. The molecule has 0 aliphatic heterocycles. The van der Waals surface area contributed by atoms with Crippen LogP contribution in [0.3, 0.4) is 0 Å². The number of aromatic nitrogens is 3. The minimum atomic E-state index is 0.0587. The maximum Gasteiger partial charge on any atom is 0.125 e. The van der Waals surface area contributed by atoms with Crippen LogP contribution in [0.25, 0.3) is 11.3 Å². The molecule has 23 heavy (non-hydrogen) atoms. The van der Waals surface area contributed by atoms with E-state index in [9.17, 15) is 5.11 Å². The zero-order valence-electron chi connectivity index (χ0n) is 13.3. The van der Waals surface area contributed by atoms with Crippen molar-refractivity contribution >= 4 is 17.2 Å². The Kier molecular flexibility index (Phi) is 4.73. The third-order valence-corrected chi connectivity index (χ3v) is 4.72. The van der Waals surface area contributed by atoms with Gasteiger partial charge in [0.1, 0.15) is 5.82 Å². The van der Waals surface area contributed by atoms with E-state index >= 15 is 0 Å². The van der Waals surface area contributed by atoms with E-state index in [4.69, 9.17) is 0 Å². The monoisotopic (exact) mass is 328 g/mol. The summed E-state index contributed by atoms with van der Waals surface area (Å²) in [7, 11) is 0. The highest BCUT2D eigenvalue weighted by Crippen LogP contribution is 2.25. The second-order valence-corrected chi connectivity index (χ2v) is 6.33. The first-order valence-electron chi connectivity index (χ1n) is 7.56. The van der Waals surface area contributed by atoms with Crippen molar-refractivity contribution in [3.63, 3.8) is 0 Å². The maximum atomic E-state index is 9.28. The van der Waals surface area contributed by atoms with Gasteiger partial charge in [0.15, 0.2) is 0 Å². The van der Waals surface area contributed by atoms with Crippen molar-refractivity contribution in [2.45, 2.75) is 26.9 Å². The lowest BCUT2D eigenvalue weighted by molar-refractivity contribution is 0.270. The predicted octanol–water partition coefficient (Wildman–Crippen LogP) is 3.23. The number of nitrogens with zero attached hydrogens (tertiary/aromatic N) is 3. The normalized spacial score (nSPS) is 10.9. The number of rotatable bonds is 6. The number of aliphatic hydroxyl groups is 1. The molecular formula is C17H20N4OS. The Labute approximate surface area is 139 Å². The standard InChI is InChI=1S/C17H20N4OS/c1-12-5-3-4-6-14(12)15-9-17(21(20-15)7-8-22)18-10-16-13(2)19-11-23-16/h3-6,9,11,18,22H,7-8,10H2,1-2H3. The van der Waals surface area contributed by atoms with E-state index in [2.05, 4.69) is 34.5 Å². The predicted molar refractivity (Wildman–Crippen MR) is 93.7 cm³/mol. The molecule has 2 aromatic heterocycles. The highest BCUT2D eigenvalue weighted by Gasteiger charge is 2.11. The second-order valence-electron chi connectivity index (χ2n) is 5.39. The third kappa shape index (κ3) is 3.43. The minimum absolute atomic E-state index is 0.0587. The number of thiazole rings is 1. The number of hydrogen-bond donors (Lipinski definition) is 2. The lowest BCUT2D eigenvalue weighted by Gasteiger charge is -2.07. The molecule has 3 rings (SSSR count). The highest BCUT2D eigenvalue weighted by molar-refractivity contribution is 7.09. The van der Waals surface area contributed by atoms with Gasteiger partial charge in [0.2, 0.25) is 0 Å². The Morgan fingerprint density at radius 1 is 1.26 bits per heavy atom. The van der Waals surface area contributed by atoms with Gasteiger partial charge in [-0.2, -0.15) is 5.10 Å². The molecule has 0 atom stereocenters. The summed E-state index contributed by atoms with van der Waals surface area (Å²) in [5, 5.41) is 17.3. The summed E-state index contributed by atoms with van der Waals surface area (Å²) < 4.78 is 1.82. The van der Waals surface area contributed by atoms with Crippen molar-refractivity contribution in [1.82, 2.24) is 14.8 Å². The third-order valence-electron chi connectivity index (χ3n) is 3.79. The van der Waals surface area contributed by atoms with Crippen molar-refractivity contribution in [2.24, 2.45) is 0 Å². The molecule has 6 heteroatoms. The molecule has 0 fully saturated rings. The van der Waals surface area contributed by atoms with Gasteiger partial charge in [-0.05, 0) is 19.4 Å². The molecule has 0 spiro atoms. The SMILES string of the molecule is Cc1ccccc1-c1cc(NCc2scnc2C)n(CCO)n1. The molecule has 120 valence electrons.